The van der Waals surface area contributed by atoms with Crippen molar-refractivity contribution in [3.63, 3.8) is 0 Å². The van der Waals surface area contributed by atoms with Gasteiger partial charge in [0.2, 0.25) is 0 Å². The molecule has 2 rings (SSSR count). The van der Waals surface area contributed by atoms with Gasteiger partial charge in [0, 0.05) is 19.3 Å². The topological polar surface area (TPSA) is 60.4 Å². The number of benzene rings is 1. The van der Waals surface area contributed by atoms with Crippen LogP contribution in [0.15, 0.2) is 24.3 Å². The standard InChI is InChI=1S/C16H18O4/c1-2-20-12-8-6-11(7-9-12)10-15(19)16-13(17)4-3-5-14(16)18/h6-9,16H,2-5,10H2,1H3. The molecule has 0 amide bonds. The minimum Gasteiger partial charge on any atom is -0.494 e. The molecule has 0 atom stereocenters. The van der Waals surface area contributed by atoms with Gasteiger partial charge in [-0.05, 0) is 31.0 Å². The average Bonchev–Trinajstić information content (AvgIpc) is 2.41. The monoisotopic (exact) mass is 274 g/mol. The van der Waals surface area contributed by atoms with Crippen molar-refractivity contribution >= 4 is 17.3 Å². The number of carbonyl (C=O) groups is 3. The highest BCUT2D eigenvalue weighted by molar-refractivity contribution is 6.20. The van der Waals surface area contributed by atoms with Crippen LogP contribution in [0.4, 0.5) is 0 Å². The van der Waals surface area contributed by atoms with Gasteiger partial charge in [0.25, 0.3) is 0 Å². The molecule has 1 aromatic carbocycles. The lowest BCUT2D eigenvalue weighted by Crippen LogP contribution is -2.36. The minimum absolute atomic E-state index is 0.120. The summed E-state index contributed by atoms with van der Waals surface area (Å²) in [6.07, 6.45) is 1.37. The van der Waals surface area contributed by atoms with Gasteiger partial charge in [-0.1, -0.05) is 12.1 Å². The summed E-state index contributed by atoms with van der Waals surface area (Å²) in [5, 5.41) is 0. The maximum absolute atomic E-state index is 12.1. The fourth-order valence-corrected chi connectivity index (χ4v) is 2.44. The molecule has 1 fully saturated rings. The second-order valence-electron chi connectivity index (χ2n) is 4.94. The van der Waals surface area contributed by atoms with Gasteiger partial charge in [0.15, 0.2) is 17.3 Å². The van der Waals surface area contributed by atoms with Crippen LogP contribution in [0.5, 0.6) is 5.75 Å². The molecule has 106 valence electrons. The van der Waals surface area contributed by atoms with Crippen LogP contribution in [-0.4, -0.2) is 24.0 Å². The molecule has 4 nitrogen and oxygen atoms in total. The Balaban J connectivity index is 2.03. The second kappa shape index (κ2) is 6.46. The summed E-state index contributed by atoms with van der Waals surface area (Å²) >= 11 is 0. The Bertz CT molecular complexity index is 500. The number of hydrogen-bond acceptors (Lipinski definition) is 4. The first-order chi connectivity index (χ1) is 9.61. The third kappa shape index (κ3) is 3.32. The molecule has 0 unspecified atom stereocenters. The number of ether oxygens (including phenoxy) is 1. The molecule has 0 radical (unpaired) electrons. The molecule has 0 saturated heterocycles. The molecule has 1 saturated carbocycles. The van der Waals surface area contributed by atoms with Gasteiger partial charge in [-0.3, -0.25) is 14.4 Å². The molecule has 1 aromatic rings. The molecule has 1 aliphatic rings. The summed E-state index contributed by atoms with van der Waals surface area (Å²) in [7, 11) is 0. The van der Waals surface area contributed by atoms with Gasteiger partial charge < -0.3 is 4.74 Å². The van der Waals surface area contributed by atoms with Gasteiger partial charge in [-0.15, -0.1) is 0 Å². The number of ketones is 3. The predicted molar refractivity (Wildman–Crippen MR) is 73.7 cm³/mol. The van der Waals surface area contributed by atoms with Crippen molar-refractivity contribution in [2.45, 2.75) is 32.6 Å². The maximum atomic E-state index is 12.1. The van der Waals surface area contributed by atoms with Crippen molar-refractivity contribution < 1.29 is 19.1 Å². The van der Waals surface area contributed by atoms with Crippen molar-refractivity contribution in [1.82, 2.24) is 0 Å². The van der Waals surface area contributed by atoms with Crippen LogP contribution in [0.2, 0.25) is 0 Å². The van der Waals surface area contributed by atoms with Crippen molar-refractivity contribution in [2.24, 2.45) is 5.92 Å². The average molecular weight is 274 g/mol. The highest BCUT2D eigenvalue weighted by Gasteiger charge is 2.35. The van der Waals surface area contributed by atoms with Crippen LogP contribution >= 0.6 is 0 Å². The Morgan fingerprint density at radius 3 is 2.30 bits per heavy atom. The third-order valence-electron chi connectivity index (χ3n) is 3.42. The van der Waals surface area contributed by atoms with E-state index in [1.807, 2.05) is 6.92 Å². The summed E-state index contributed by atoms with van der Waals surface area (Å²) in [5.74, 6) is -1.03. The molecule has 20 heavy (non-hydrogen) atoms. The lowest BCUT2D eigenvalue weighted by Gasteiger charge is -2.18. The van der Waals surface area contributed by atoms with Crippen LogP contribution in [0, 0.1) is 5.92 Å². The Morgan fingerprint density at radius 1 is 1.15 bits per heavy atom. The fourth-order valence-electron chi connectivity index (χ4n) is 2.44. The number of carbonyl (C=O) groups excluding carboxylic acids is 3. The van der Waals surface area contributed by atoms with Gasteiger partial charge in [-0.2, -0.15) is 0 Å². The Hall–Kier alpha value is -1.97. The van der Waals surface area contributed by atoms with E-state index < -0.39 is 5.92 Å². The first-order valence-electron chi connectivity index (χ1n) is 6.91. The molecular weight excluding hydrogens is 256 g/mol. The number of rotatable bonds is 5. The van der Waals surface area contributed by atoms with Crippen LogP contribution in [0.3, 0.4) is 0 Å². The van der Waals surface area contributed by atoms with E-state index >= 15 is 0 Å². The first-order valence-corrected chi connectivity index (χ1v) is 6.91. The zero-order valence-electron chi connectivity index (χ0n) is 11.6. The predicted octanol–water partition coefficient (Wildman–Crippen LogP) is 2.14. The molecular formula is C16H18O4. The molecule has 0 bridgehead atoms. The van der Waals surface area contributed by atoms with Crippen molar-refractivity contribution in [3.05, 3.63) is 29.8 Å². The summed E-state index contributed by atoms with van der Waals surface area (Å²) in [6, 6.07) is 7.16. The smallest absolute Gasteiger partial charge is 0.155 e. The van der Waals surface area contributed by atoms with Crippen molar-refractivity contribution in [2.75, 3.05) is 6.61 Å². The SMILES string of the molecule is CCOc1ccc(CC(=O)C2C(=O)CCCC2=O)cc1. The number of hydrogen-bond donors (Lipinski definition) is 0. The second-order valence-corrected chi connectivity index (χ2v) is 4.94. The molecule has 0 aliphatic heterocycles. The molecule has 0 heterocycles. The van der Waals surface area contributed by atoms with Gasteiger partial charge in [0.05, 0.1) is 6.61 Å². The van der Waals surface area contributed by atoms with Gasteiger partial charge in [0.1, 0.15) is 11.7 Å². The molecule has 0 spiro atoms. The highest BCUT2D eigenvalue weighted by Crippen LogP contribution is 2.20. The summed E-state index contributed by atoms with van der Waals surface area (Å²) in [4.78, 5) is 35.6. The first kappa shape index (κ1) is 14.4. The van der Waals surface area contributed by atoms with E-state index in [1.165, 1.54) is 0 Å². The van der Waals surface area contributed by atoms with Crippen LogP contribution in [-0.2, 0) is 20.8 Å². The number of Topliss-reactive ketones (excluding diaryl/α,β-unsaturated/α-hetero) is 3. The Morgan fingerprint density at radius 2 is 1.75 bits per heavy atom. The van der Waals surface area contributed by atoms with E-state index in [1.54, 1.807) is 24.3 Å². The maximum Gasteiger partial charge on any atom is 0.155 e. The van der Waals surface area contributed by atoms with E-state index in [9.17, 15) is 14.4 Å². The van der Waals surface area contributed by atoms with E-state index in [0.717, 1.165) is 11.3 Å². The normalized spacial score (nSPS) is 16.2. The van der Waals surface area contributed by atoms with Crippen LogP contribution in [0.1, 0.15) is 31.7 Å². The Kier molecular flexibility index (Phi) is 4.66. The van der Waals surface area contributed by atoms with E-state index in [0.29, 0.717) is 25.9 Å². The molecule has 0 N–H and O–H groups in total. The summed E-state index contributed by atoms with van der Waals surface area (Å²) < 4.78 is 5.32. The van der Waals surface area contributed by atoms with E-state index in [2.05, 4.69) is 0 Å². The Labute approximate surface area is 118 Å². The summed E-state index contributed by atoms with van der Waals surface area (Å²) in [6.45, 7) is 2.49. The van der Waals surface area contributed by atoms with Crippen molar-refractivity contribution in [3.8, 4) is 5.75 Å². The van der Waals surface area contributed by atoms with Crippen LogP contribution < -0.4 is 4.74 Å². The van der Waals surface area contributed by atoms with E-state index in [-0.39, 0.29) is 23.8 Å². The van der Waals surface area contributed by atoms with Gasteiger partial charge in [-0.25, -0.2) is 0 Å². The minimum atomic E-state index is -1.03. The highest BCUT2D eigenvalue weighted by atomic mass is 16.5. The van der Waals surface area contributed by atoms with Crippen molar-refractivity contribution in [1.29, 1.82) is 0 Å². The fraction of sp³-hybridized carbons (Fsp3) is 0.438. The molecule has 4 heteroatoms. The summed E-state index contributed by atoms with van der Waals surface area (Å²) in [5.41, 5.74) is 0.796. The van der Waals surface area contributed by atoms with E-state index in [4.69, 9.17) is 4.74 Å². The van der Waals surface area contributed by atoms with Crippen LogP contribution in [0.25, 0.3) is 0 Å². The zero-order chi connectivity index (χ0) is 14.5. The zero-order valence-corrected chi connectivity index (χ0v) is 11.6. The quantitative estimate of drug-likeness (QED) is 0.772. The largest absolute Gasteiger partial charge is 0.494 e. The lowest BCUT2D eigenvalue weighted by molar-refractivity contribution is -0.141. The third-order valence-corrected chi connectivity index (χ3v) is 3.42. The molecule has 1 aliphatic carbocycles. The lowest BCUT2D eigenvalue weighted by atomic mass is 9.82. The molecule has 0 aromatic heterocycles. The van der Waals surface area contributed by atoms with Gasteiger partial charge >= 0.3 is 0 Å².